The van der Waals surface area contributed by atoms with Gasteiger partial charge in [-0.2, -0.15) is 0 Å². The lowest BCUT2D eigenvalue weighted by atomic mass is 9.97. The number of benzene rings is 2. The van der Waals surface area contributed by atoms with E-state index in [2.05, 4.69) is 34.2 Å². The highest BCUT2D eigenvalue weighted by atomic mass is 79.9. The number of rotatable bonds is 5. The Morgan fingerprint density at radius 1 is 1.29 bits per heavy atom. The zero-order valence-corrected chi connectivity index (χ0v) is 14.4. The first-order valence-corrected chi connectivity index (χ1v) is 8.12. The van der Waals surface area contributed by atoms with E-state index in [9.17, 15) is 4.39 Å². The van der Waals surface area contributed by atoms with E-state index in [1.165, 1.54) is 11.6 Å². The van der Waals surface area contributed by atoms with Gasteiger partial charge in [-0.15, -0.1) is 0 Å². The van der Waals surface area contributed by atoms with Crippen LogP contribution in [0, 0.1) is 12.7 Å². The number of aryl methyl sites for hydroxylation is 1. The molecule has 2 rings (SSSR count). The molecule has 1 unspecified atom stereocenters. The standard InChI is InChI=1S/C17H18BrClFN/c1-3-21-17(12-9-11(2)7-8-14(12)18)10-13-15(19)5-4-6-16(13)20/h4-9,17,21H,3,10H2,1-2H3. The second-order valence-corrected chi connectivity index (χ2v) is 6.30. The molecular weight excluding hydrogens is 353 g/mol. The van der Waals surface area contributed by atoms with E-state index < -0.39 is 0 Å². The van der Waals surface area contributed by atoms with Gasteiger partial charge in [0.15, 0.2) is 0 Å². The molecule has 0 bridgehead atoms. The molecule has 2 aromatic rings. The van der Waals surface area contributed by atoms with Crippen LogP contribution in [0.3, 0.4) is 0 Å². The van der Waals surface area contributed by atoms with Crippen LogP contribution in [0.25, 0.3) is 0 Å². The molecule has 4 heteroatoms. The third kappa shape index (κ3) is 4.06. The minimum absolute atomic E-state index is 0.0127. The number of nitrogens with one attached hydrogen (secondary N) is 1. The molecule has 0 aliphatic rings. The average molecular weight is 371 g/mol. The summed E-state index contributed by atoms with van der Waals surface area (Å²) in [5.41, 5.74) is 2.85. The molecule has 0 aromatic heterocycles. The molecule has 0 saturated heterocycles. The third-order valence-electron chi connectivity index (χ3n) is 3.45. The number of hydrogen-bond acceptors (Lipinski definition) is 1. The van der Waals surface area contributed by atoms with Crippen molar-refractivity contribution in [2.24, 2.45) is 0 Å². The lowest BCUT2D eigenvalue weighted by molar-refractivity contribution is 0.526. The molecule has 0 spiro atoms. The van der Waals surface area contributed by atoms with Crippen molar-refractivity contribution in [3.8, 4) is 0 Å². The van der Waals surface area contributed by atoms with Crippen LogP contribution in [0.4, 0.5) is 4.39 Å². The molecule has 0 saturated carbocycles. The van der Waals surface area contributed by atoms with E-state index in [1.54, 1.807) is 12.1 Å². The van der Waals surface area contributed by atoms with Gasteiger partial charge >= 0.3 is 0 Å². The average Bonchev–Trinajstić information content (AvgIpc) is 2.44. The highest BCUT2D eigenvalue weighted by Crippen LogP contribution is 2.30. The molecule has 0 radical (unpaired) electrons. The van der Waals surface area contributed by atoms with Gasteiger partial charge in [0.05, 0.1) is 0 Å². The van der Waals surface area contributed by atoms with Gasteiger partial charge < -0.3 is 5.32 Å². The first-order valence-electron chi connectivity index (χ1n) is 6.95. The quantitative estimate of drug-likeness (QED) is 0.738. The summed E-state index contributed by atoms with van der Waals surface area (Å²) in [6.45, 7) is 4.89. The van der Waals surface area contributed by atoms with Crippen molar-refractivity contribution in [3.05, 3.63) is 68.4 Å². The van der Waals surface area contributed by atoms with Crippen molar-refractivity contribution < 1.29 is 4.39 Å². The van der Waals surface area contributed by atoms with Crippen molar-refractivity contribution in [1.29, 1.82) is 0 Å². The van der Waals surface area contributed by atoms with Gasteiger partial charge in [0, 0.05) is 21.1 Å². The summed E-state index contributed by atoms with van der Waals surface area (Å²) in [5, 5.41) is 3.89. The third-order valence-corrected chi connectivity index (χ3v) is 4.52. The number of likely N-dealkylation sites (N-methyl/N-ethyl adjacent to an activating group) is 1. The van der Waals surface area contributed by atoms with Crippen LogP contribution in [-0.2, 0) is 6.42 Å². The van der Waals surface area contributed by atoms with Crippen LogP contribution in [0.2, 0.25) is 5.02 Å². The summed E-state index contributed by atoms with van der Waals surface area (Å²) >= 11 is 9.74. The van der Waals surface area contributed by atoms with Gasteiger partial charge in [-0.1, -0.05) is 58.2 Å². The fourth-order valence-corrected chi connectivity index (χ4v) is 3.16. The Morgan fingerprint density at radius 2 is 2.05 bits per heavy atom. The predicted molar refractivity (Wildman–Crippen MR) is 90.4 cm³/mol. The normalized spacial score (nSPS) is 12.4. The summed E-state index contributed by atoms with van der Waals surface area (Å²) in [4.78, 5) is 0. The van der Waals surface area contributed by atoms with Crippen molar-refractivity contribution in [3.63, 3.8) is 0 Å². The van der Waals surface area contributed by atoms with Gasteiger partial charge in [-0.3, -0.25) is 0 Å². The minimum atomic E-state index is -0.255. The van der Waals surface area contributed by atoms with Crippen molar-refractivity contribution in [2.75, 3.05) is 6.54 Å². The van der Waals surface area contributed by atoms with Gasteiger partial charge in [-0.25, -0.2) is 4.39 Å². The van der Waals surface area contributed by atoms with Crippen LogP contribution in [0.15, 0.2) is 40.9 Å². The minimum Gasteiger partial charge on any atom is -0.310 e. The highest BCUT2D eigenvalue weighted by molar-refractivity contribution is 9.10. The number of hydrogen-bond donors (Lipinski definition) is 1. The largest absolute Gasteiger partial charge is 0.310 e. The lowest BCUT2D eigenvalue weighted by Gasteiger charge is -2.21. The van der Waals surface area contributed by atoms with Crippen LogP contribution < -0.4 is 5.32 Å². The molecule has 0 aliphatic carbocycles. The van der Waals surface area contributed by atoms with Crippen LogP contribution in [0.1, 0.15) is 29.7 Å². The zero-order chi connectivity index (χ0) is 15.4. The monoisotopic (exact) mass is 369 g/mol. The molecule has 2 aromatic carbocycles. The summed E-state index contributed by atoms with van der Waals surface area (Å²) in [7, 11) is 0. The Balaban J connectivity index is 2.38. The summed E-state index contributed by atoms with van der Waals surface area (Å²) in [6, 6.07) is 11.0. The highest BCUT2D eigenvalue weighted by Gasteiger charge is 2.18. The molecule has 0 aliphatic heterocycles. The summed E-state index contributed by atoms with van der Waals surface area (Å²) in [5.74, 6) is -0.255. The Bertz CT molecular complexity index is 610. The maximum atomic E-state index is 14.0. The molecular formula is C17H18BrClFN. The maximum Gasteiger partial charge on any atom is 0.127 e. The predicted octanol–water partition coefficient (Wildman–Crippen LogP) is 5.44. The molecule has 0 fully saturated rings. The smallest absolute Gasteiger partial charge is 0.127 e. The Hall–Kier alpha value is -0.900. The second-order valence-electron chi connectivity index (χ2n) is 5.04. The second kappa shape index (κ2) is 7.39. The fraction of sp³-hybridized carbons (Fsp3) is 0.294. The summed E-state index contributed by atoms with van der Waals surface area (Å²) < 4.78 is 15.0. The van der Waals surface area contributed by atoms with Crippen molar-refractivity contribution >= 4 is 27.5 Å². The first-order chi connectivity index (χ1) is 10.0. The van der Waals surface area contributed by atoms with Gasteiger partial charge in [0.25, 0.3) is 0 Å². The molecule has 1 atom stereocenters. The van der Waals surface area contributed by atoms with E-state index in [0.29, 0.717) is 17.0 Å². The van der Waals surface area contributed by atoms with Crippen LogP contribution >= 0.6 is 27.5 Å². The van der Waals surface area contributed by atoms with Crippen molar-refractivity contribution in [1.82, 2.24) is 5.32 Å². The van der Waals surface area contributed by atoms with E-state index >= 15 is 0 Å². The molecule has 1 nitrogen and oxygen atoms in total. The lowest BCUT2D eigenvalue weighted by Crippen LogP contribution is -2.24. The molecule has 21 heavy (non-hydrogen) atoms. The van der Waals surface area contributed by atoms with Crippen LogP contribution in [0.5, 0.6) is 0 Å². The van der Waals surface area contributed by atoms with E-state index in [-0.39, 0.29) is 11.9 Å². The maximum absolute atomic E-state index is 14.0. The number of halogens is 3. The van der Waals surface area contributed by atoms with Gasteiger partial charge in [-0.05, 0) is 43.7 Å². The van der Waals surface area contributed by atoms with E-state index in [1.807, 2.05) is 19.1 Å². The van der Waals surface area contributed by atoms with E-state index in [4.69, 9.17) is 11.6 Å². The first kappa shape index (κ1) is 16.5. The van der Waals surface area contributed by atoms with E-state index in [0.717, 1.165) is 16.6 Å². The Labute approximate surface area is 138 Å². The summed E-state index contributed by atoms with van der Waals surface area (Å²) in [6.07, 6.45) is 0.515. The van der Waals surface area contributed by atoms with Crippen molar-refractivity contribution in [2.45, 2.75) is 26.3 Å². The molecule has 0 amide bonds. The zero-order valence-electron chi connectivity index (χ0n) is 12.1. The van der Waals surface area contributed by atoms with Crippen LogP contribution in [-0.4, -0.2) is 6.54 Å². The SMILES string of the molecule is CCNC(Cc1c(F)cccc1Cl)c1cc(C)ccc1Br. The molecule has 0 heterocycles. The Morgan fingerprint density at radius 3 is 2.71 bits per heavy atom. The van der Waals surface area contributed by atoms with Gasteiger partial charge in [0.2, 0.25) is 0 Å². The Kier molecular flexibility index (Phi) is 5.80. The fourth-order valence-electron chi connectivity index (χ4n) is 2.40. The topological polar surface area (TPSA) is 12.0 Å². The molecule has 1 N–H and O–H groups in total. The molecule has 112 valence electrons. The van der Waals surface area contributed by atoms with Gasteiger partial charge in [0.1, 0.15) is 5.82 Å².